The summed E-state index contributed by atoms with van der Waals surface area (Å²) in [6.45, 7) is 0.903. The Morgan fingerprint density at radius 2 is 1.87 bits per heavy atom. The van der Waals surface area contributed by atoms with Gasteiger partial charge in [-0.15, -0.1) is 0 Å². The summed E-state index contributed by atoms with van der Waals surface area (Å²) in [5, 5.41) is 0. The van der Waals surface area contributed by atoms with Crippen LogP contribution >= 0.6 is 22.6 Å². The fraction of sp³-hybridized carbons (Fsp3) is 0.222. The molecule has 0 saturated heterocycles. The van der Waals surface area contributed by atoms with Crippen LogP contribution in [-0.4, -0.2) is 5.78 Å². The van der Waals surface area contributed by atoms with Gasteiger partial charge in [0.2, 0.25) is 0 Å². The predicted octanol–water partition coefficient (Wildman–Crippen LogP) is 3.65. The smallest absolute Gasteiger partial charge is 0.294 e. The molecular weight excluding hydrogens is 327 g/mol. The molecule has 1 aromatic rings. The molecular formula is C9H5F4IO. The third kappa shape index (κ3) is 2.67. The average Bonchev–Trinajstić information content (AvgIpc) is 1.99. The molecule has 15 heavy (non-hydrogen) atoms. The Morgan fingerprint density at radius 1 is 1.33 bits per heavy atom. The van der Waals surface area contributed by atoms with Gasteiger partial charge in [0.05, 0.1) is 11.1 Å². The number of benzene rings is 1. The number of ketones is 1. The van der Waals surface area contributed by atoms with Crippen LogP contribution in [0.25, 0.3) is 0 Å². The molecule has 0 bridgehead atoms. The van der Waals surface area contributed by atoms with Crippen LogP contribution in [0.15, 0.2) is 12.1 Å². The topological polar surface area (TPSA) is 17.1 Å². The predicted molar refractivity (Wildman–Crippen MR) is 54.1 cm³/mol. The Morgan fingerprint density at radius 3 is 2.27 bits per heavy atom. The van der Waals surface area contributed by atoms with E-state index >= 15 is 0 Å². The molecule has 0 heterocycles. The first-order chi connectivity index (χ1) is 6.73. The molecule has 0 atom stereocenters. The first kappa shape index (κ1) is 12.4. The average molecular weight is 332 g/mol. The van der Waals surface area contributed by atoms with Gasteiger partial charge in [-0.05, 0) is 41.6 Å². The van der Waals surface area contributed by atoms with E-state index in [-0.39, 0.29) is 3.57 Å². The maximum Gasteiger partial charge on any atom is 0.417 e. The summed E-state index contributed by atoms with van der Waals surface area (Å²) in [6.07, 6.45) is -4.72. The SMILES string of the molecule is CC(=O)c1c(F)cc(I)cc1C(F)(F)F. The molecule has 0 aliphatic heterocycles. The zero-order valence-electron chi connectivity index (χ0n) is 7.45. The molecule has 0 spiro atoms. The van der Waals surface area contributed by atoms with E-state index in [2.05, 4.69) is 0 Å². The highest BCUT2D eigenvalue weighted by Gasteiger charge is 2.36. The highest BCUT2D eigenvalue weighted by atomic mass is 127. The van der Waals surface area contributed by atoms with E-state index in [4.69, 9.17) is 0 Å². The second kappa shape index (κ2) is 4.07. The molecule has 0 amide bonds. The van der Waals surface area contributed by atoms with Crippen LogP contribution < -0.4 is 0 Å². The van der Waals surface area contributed by atoms with Gasteiger partial charge < -0.3 is 0 Å². The van der Waals surface area contributed by atoms with Crippen LogP contribution in [0.3, 0.4) is 0 Å². The van der Waals surface area contributed by atoms with E-state index in [1.54, 1.807) is 22.6 Å². The van der Waals surface area contributed by atoms with Crippen LogP contribution in [0.1, 0.15) is 22.8 Å². The number of alkyl halides is 3. The van der Waals surface area contributed by atoms with Gasteiger partial charge in [-0.1, -0.05) is 0 Å². The van der Waals surface area contributed by atoms with Crippen molar-refractivity contribution in [2.75, 3.05) is 0 Å². The molecule has 0 N–H and O–H groups in total. The van der Waals surface area contributed by atoms with Crippen molar-refractivity contribution in [3.8, 4) is 0 Å². The van der Waals surface area contributed by atoms with Gasteiger partial charge >= 0.3 is 6.18 Å². The maximum absolute atomic E-state index is 13.2. The molecule has 0 saturated carbocycles. The van der Waals surface area contributed by atoms with Gasteiger partial charge in [-0.3, -0.25) is 4.79 Å². The normalized spacial score (nSPS) is 11.6. The summed E-state index contributed by atoms with van der Waals surface area (Å²) >= 11 is 1.56. The van der Waals surface area contributed by atoms with Crippen LogP contribution in [0, 0.1) is 9.39 Å². The van der Waals surface area contributed by atoms with Crippen molar-refractivity contribution in [3.05, 3.63) is 32.6 Å². The summed E-state index contributed by atoms with van der Waals surface area (Å²) in [5.74, 6) is -2.07. The zero-order valence-corrected chi connectivity index (χ0v) is 9.61. The lowest BCUT2D eigenvalue weighted by Gasteiger charge is -2.12. The Labute approximate surface area is 96.6 Å². The van der Waals surface area contributed by atoms with Crippen molar-refractivity contribution in [3.63, 3.8) is 0 Å². The van der Waals surface area contributed by atoms with Gasteiger partial charge in [0, 0.05) is 3.57 Å². The standard InChI is InChI=1S/C9H5F4IO/c1-4(15)8-6(9(11,12)13)2-5(14)3-7(8)10/h2-3H,1H3. The monoisotopic (exact) mass is 332 g/mol. The quantitative estimate of drug-likeness (QED) is 0.436. The molecule has 0 aliphatic rings. The minimum atomic E-state index is -4.72. The second-order valence-corrected chi connectivity index (χ2v) is 4.11. The highest BCUT2D eigenvalue weighted by Crippen LogP contribution is 2.34. The summed E-state index contributed by atoms with van der Waals surface area (Å²) in [4.78, 5) is 10.9. The van der Waals surface area contributed by atoms with Gasteiger partial charge in [-0.2, -0.15) is 13.2 Å². The Balaban J connectivity index is 3.54. The molecule has 0 radical (unpaired) electrons. The van der Waals surface area contributed by atoms with Crippen molar-refractivity contribution in [1.29, 1.82) is 0 Å². The van der Waals surface area contributed by atoms with E-state index < -0.39 is 28.9 Å². The molecule has 1 rings (SSSR count). The molecule has 1 nitrogen and oxygen atoms in total. The molecule has 0 aliphatic carbocycles. The van der Waals surface area contributed by atoms with E-state index in [0.717, 1.165) is 19.1 Å². The van der Waals surface area contributed by atoms with E-state index in [0.29, 0.717) is 0 Å². The number of carbonyl (C=O) groups is 1. The maximum atomic E-state index is 13.2. The molecule has 6 heteroatoms. The first-order valence-corrected chi connectivity index (χ1v) is 4.88. The number of halogens is 5. The van der Waals surface area contributed by atoms with Crippen molar-refractivity contribution in [2.24, 2.45) is 0 Å². The Bertz CT molecular complexity index is 411. The summed E-state index contributed by atoms with van der Waals surface area (Å²) in [6, 6.07) is 1.65. The number of hydrogen-bond acceptors (Lipinski definition) is 1. The van der Waals surface area contributed by atoms with Gasteiger partial charge in [0.15, 0.2) is 5.78 Å². The largest absolute Gasteiger partial charge is 0.417 e. The molecule has 0 aromatic heterocycles. The van der Waals surface area contributed by atoms with E-state index in [1.165, 1.54) is 0 Å². The van der Waals surface area contributed by atoms with Gasteiger partial charge in [0.25, 0.3) is 0 Å². The summed E-state index contributed by atoms with van der Waals surface area (Å²) < 4.78 is 50.6. The van der Waals surface area contributed by atoms with E-state index in [1.807, 2.05) is 0 Å². The van der Waals surface area contributed by atoms with Crippen molar-refractivity contribution < 1.29 is 22.4 Å². The van der Waals surface area contributed by atoms with E-state index in [9.17, 15) is 22.4 Å². The zero-order chi connectivity index (χ0) is 11.8. The number of hydrogen-bond donors (Lipinski definition) is 0. The molecule has 82 valence electrons. The van der Waals surface area contributed by atoms with Crippen LogP contribution in [0.4, 0.5) is 17.6 Å². The van der Waals surface area contributed by atoms with Crippen LogP contribution in [-0.2, 0) is 6.18 Å². The number of carbonyl (C=O) groups excluding carboxylic acids is 1. The molecule has 1 aromatic carbocycles. The summed E-state index contributed by atoms with van der Waals surface area (Å²) in [7, 11) is 0. The lowest BCUT2D eigenvalue weighted by molar-refractivity contribution is -0.138. The summed E-state index contributed by atoms with van der Waals surface area (Å²) in [5.41, 5.74) is -2.12. The minimum Gasteiger partial charge on any atom is -0.294 e. The molecule has 0 unspecified atom stereocenters. The van der Waals surface area contributed by atoms with Crippen LogP contribution in [0.2, 0.25) is 0 Å². The first-order valence-electron chi connectivity index (χ1n) is 3.80. The number of Topliss-reactive ketones (excluding diaryl/α,β-unsaturated/α-hetero) is 1. The third-order valence-electron chi connectivity index (χ3n) is 1.71. The van der Waals surface area contributed by atoms with Crippen molar-refractivity contribution in [2.45, 2.75) is 13.1 Å². The lowest BCUT2D eigenvalue weighted by atomic mass is 10.0. The Hall–Kier alpha value is -0.660. The van der Waals surface area contributed by atoms with Crippen molar-refractivity contribution >= 4 is 28.4 Å². The fourth-order valence-electron chi connectivity index (χ4n) is 1.15. The third-order valence-corrected chi connectivity index (χ3v) is 2.34. The van der Waals surface area contributed by atoms with Crippen LogP contribution in [0.5, 0.6) is 0 Å². The minimum absolute atomic E-state index is 0.0995. The second-order valence-electron chi connectivity index (χ2n) is 2.86. The number of rotatable bonds is 1. The van der Waals surface area contributed by atoms with Gasteiger partial charge in [0.1, 0.15) is 5.82 Å². The van der Waals surface area contributed by atoms with Gasteiger partial charge in [-0.25, -0.2) is 4.39 Å². The molecule has 0 fully saturated rings. The highest BCUT2D eigenvalue weighted by molar-refractivity contribution is 14.1. The van der Waals surface area contributed by atoms with Crippen molar-refractivity contribution in [1.82, 2.24) is 0 Å². The fourth-order valence-corrected chi connectivity index (χ4v) is 1.74. The Kier molecular flexibility index (Phi) is 3.37. The lowest BCUT2D eigenvalue weighted by Crippen LogP contribution is -2.14.